The predicted octanol–water partition coefficient (Wildman–Crippen LogP) is 11.6. The lowest BCUT2D eigenvalue weighted by molar-refractivity contribution is -0.163. The third-order valence-corrected chi connectivity index (χ3v) is 6.12. The van der Waals surface area contributed by atoms with Crippen LogP contribution in [0.2, 0.25) is 0 Å². The summed E-state index contributed by atoms with van der Waals surface area (Å²) < 4.78 is 296. The Hall–Kier alpha value is -4.61. The summed E-state index contributed by atoms with van der Waals surface area (Å²) in [5.41, 5.74) is -17.0. The van der Waals surface area contributed by atoms with Gasteiger partial charge in [-0.3, -0.25) is 0 Å². The van der Waals surface area contributed by atoms with Crippen LogP contribution in [0.3, 0.4) is 0 Å². The SMILES string of the molecule is Nc1c(C(F)(F)F)c(Oc2cccc(Oc3cc(C(F)(F)F)c(C(F)(F)F)c(N)c3C(F)(F)F)c2C(F)(F)F)cc(C(F)(F)F)c1C(F)(F)F. The summed E-state index contributed by atoms with van der Waals surface area (Å²) in [6, 6.07) is -2.13. The molecule has 3 aromatic rings. The van der Waals surface area contributed by atoms with E-state index in [2.05, 4.69) is 9.47 Å². The highest BCUT2D eigenvalue weighted by molar-refractivity contribution is 5.68. The zero-order chi connectivity index (χ0) is 39.0. The van der Waals surface area contributed by atoms with Crippen molar-refractivity contribution in [2.45, 2.75) is 43.2 Å². The molecule has 4 N–H and O–H groups in total. The van der Waals surface area contributed by atoms with Crippen LogP contribution in [0.15, 0.2) is 30.3 Å². The first-order valence-electron chi connectivity index (χ1n) is 12.0. The number of rotatable bonds is 4. The van der Waals surface area contributed by atoms with Crippen LogP contribution in [-0.2, 0) is 43.2 Å². The smallest absolute Gasteiger partial charge is 0.423 e. The number of halogens is 21. The maximum Gasteiger partial charge on any atom is 0.423 e. The third kappa shape index (κ3) is 7.89. The van der Waals surface area contributed by atoms with Crippen molar-refractivity contribution in [1.29, 1.82) is 0 Å². The van der Waals surface area contributed by atoms with Crippen molar-refractivity contribution in [3.63, 3.8) is 0 Å². The molecule has 3 rings (SSSR count). The van der Waals surface area contributed by atoms with Gasteiger partial charge < -0.3 is 20.9 Å². The Balaban J connectivity index is 2.45. The number of anilines is 2. The summed E-state index contributed by atoms with van der Waals surface area (Å²) in [5.74, 6) is -9.41. The summed E-state index contributed by atoms with van der Waals surface area (Å²) in [6.45, 7) is 0. The molecule has 0 aliphatic rings. The van der Waals surface area contributed by atoms with Gasteiger partial charge in [-0.15, -0.1) is 0 Å². The fourth-order valence-corrected chi connectivity index (χ4v) is 4.36. The van der Waals surface area contributed by atoms with E-state index in [9.17, 15) is 92.2 Å². The van der Waals surface area contributed by atoms with Gasteiger partial charge in [0.1, 0.15) is 39.7 Å². The van der Waals surface area contributed by atoms with E-state index in [-0.39, 0.29) is 18.2 Å². The molecule has 0 unspecified atom stereocenters. The van der Waals surface area contributed by atoms with Crippen LogP contribution in [-0.4, -0.2) is 0 Å². The van der Waals surface area contributed by atoms with Crippen molar-refractivity contribution in [3.8, 4) is 23.0 Å². The number of hydrogen-bond donors (Lipinski definition) is 2. The topological polar surface area (TPSA) is 70.5 Å². The summed E-state index contributed by atoms with van der Waals surface area (Å²) >= 11 is 0. The van der Waals surface area contributed by atoms with E-state index in [4.69, 9.17) is 11.5 Å². The summed E-state index contributed by atoms with van der Waals surface area (Å²) in [4.78, 5) is 0. The van der Waals surface area contributed by atoms with Gasteiger partial charge in [0.15, 0.2) is 0 Å². The van der Waals surface area contributed by atoms with Crippen LogP contribution in [0, 0.1) is 0 Å². The Morgan fingerprint density at radius 3 is 0.820 bits per heavy atom. The molecule has 0 radical (unpaired) electrons. The number of nitrogen functional groups attached to an aromatic ring is 2. The maximum atomic E-state index is 14.2. The van der Waals surface area contributed by atoms with Gasteiger partial charge in [-0.25, -0.2) is 0 Å². The normalized spacial score (nSPS) is 13.9. The van der Waals surface area contributed by atoms with Crippen molar-refractivity contribution < 1.29 is 102 Å². The third-order valence-electron chi connectivity index (χ3n) is 6.12. The first kappa shape index (κ1) is 39.8. The lowest BCUT2D eigenvalue weighted by Crippen LogP contribution is -2.23. The van der Waals surface area contributed by atoms with Crippen LogP contribution in [0.25, 0.3) is 0 Å². The second-order valence-corrected chi connectivity index (χ2v) is 9.49. The Bertz CT molecular complexity index is 1650. The van der Waals surface area contributed by atoms with Gasteiger partial charge in [-0.1, -0.05) is 6.07 Å². The molecule has 3 aromatic carbocycles. The first-order chi connectivity index (χ1) is 22.1. The Labute approximate surface area is 260 Å². The molecule has 0 bridgehead atoms. The van der Waals surface area contributed by atoms with E-state index in [0.29, 0.717) is 0 Å². The van der Waals surface area contributed by atoms with E-state index in [0.717, 1.165) is 0 Å². The number of benzene rings is 3. The molecule has 0 aliphatic heterocycles. The van der Waals surface area contributed by atoms with Crippen molar-refractivity contribution in [2.24, 2.45) is 0 Å². The molecule has 0 heterocycles. The maximum absolute atomic E-state index is 14.2. The van der Waals surface area contributed by atoms with E-state index in [1.807, 2.05) is 0 Å². The van der Waals surface area contributed by atoms with Crippen LogP contribution in [0.1, 0.15) is 38.9 Å². The Morgan fingerprint density at radius 1 is 0.340 bits per heavy atom. The van der Waals surface area contributed by atoms with Crippen LogP contribution in [0.4, 0.5) is 104 Å². The van der Waals surface area contributed by atoms with E-state index in [1.54, 1.807) is 0 Å². The first-order valence-corrected chi connectivity index (χ1v) is 12.0. The molecule has 50 heavy (non-hydrogen) atoms. The highest BCUT2D eigenvalue weighted by Crippen LogP contribution is 2.55. The van der Waals surface area contributed by atoms with Gasteiger partial charge >= 0.3 is 43.2 Å². The van der Waals surface area contributed by atoms with Gasteiger partial charge in [0.25, 0.3) is 0 Å². The highest BCUT2D eigenvalue weighted by atomic mass is 19.4. The van der Waals surface area contributed by atoms with E-state index >= 15 is 0 Å². The van der Waals surface area contributed by atoms with E-state index < -0.39 is 129 Å². The molecule has 0 aromatic heterocycles. The Kier molecular flexibility index (Phi) is 9.57. The average Bonchev–Trinajstić information content (AvgIpc) is 2.83. The lowest BCUT2D eigenvalue weighted by atomic mass is 9.98. The fourth-order valence-electron chi connectivity index (χ4n) is 4.36. The molecule has 0 spiro atoms. The molecule has 4 nitrogen and oxygen atoms in total. The van der Waals surface area contributed by atoms with Crippen LogP contribution < -0.4 is 20.9 Å². The molecule has 25 heteroatoms. The van der Waals surface area contributed by atoms with Gasteiger partial charge in [0.05, 0.1) is 33.6 Å². The predicted molar refractivity (Wildman–Crippen MR) is 123 cm³/mol. The zero-order valence-corrected chi connectivity index (χ0v) is 22.8. The number of hydrogen-bond acceptors (Lipinski definition) is 4. The number of ether oxygens (including phenoxy) is 2. The van der Waals surface area contributed by atoms with Gasteiger partial charge in [-0.2, -0.15) is 92.2 Å². The van der Waals surface area contributed by atoms with Crippen molar-refractivity contribution in [2.75, 3.05) is 11.5 Å². The lowest BCUT2D eigenvalue weighted by Gasteiger charge is -2.25. The van der Waals surface area contributed by atoms with Gasteiger partial charge in [-0.05, 0) is 24.3 Å². The standard InChI is InChI=1S/C25H9F21N2O2/c26-19(27,28)6-4-10(15(24(41,42)43)17(47)12(6)21(32,33)34)49-8-2-1-3-9(14(8)23(38,39)40)50-11-5-7(20(29,30)31)13(22(35,36)37)18(48)16(11)25(44,45)46/h1-5H,47-48H2. The minimum Gasteiger partial charge on any atom is -0.456 e. The monoisotopic (exact) mass is 768 g/mol. The summed E-state index contributed by atoms with van der Waals surface area (Å²) in [6.07, 6.45) is -43.7. The fraction of sp³-hybridized carbons (Fsp3) is 0.280. The number of nitrogens with two attached hydrogens (primary N) is 2. The van der Waals surface area contributed by atoms with Crippen LogP contribution in [0.5, 0.6) is 23.0 Å². The van der Waals surface area contributed by atoms with Gasteiger partial charge in [0, 0.05) is 0 Å². The van der Waals surface area contributed by atoms with Crippen LogP contribution >= 0.6 is 0 Å². The molecule has 0 atom stereocenters. The Morgan fingerprint density at radius 2 is 0.600 bits per heavy atom. The quantitative estimate of drug-likeness (QED) is 0.205. The number of alkyl halides is 21. The molecule has 0 saturated carbocycles. The minimum atomic E-state index is -6.28. The van der Waals surface area contributed by atoms with Crippen molar-refractivity contribution >= 4 is 11.4 Å². The molecule has 0 amide bonds. The average molecular weight is 768 g/mol. The molecule has 0 fully saturated rings. The molecule has 278 valence electrons. The van der Waals surface area contributed by atoms with Gasteiger partial charge in [0.2, 0.25) is 0 Å². The zero-order valence-electron chi connectivity index (χ0n) is 22.8. The summed E-state index contributed by atoms with van der Waals surface area (Å²) in [7, 11) is 0. The largest absolute Gasteiger partial charge is 0.456 e. The van der Waals surface area contributed by atoms with E-state index in [1.165, 1.54) is 0 Å². The minimum absolute atomic E-state index is 0.0795. The molecule has 0 aliphatic carbocycles. The molecular weight excluding hydrogens is 759 g/mol. The molecular formula is C25H9F21N2O2. The van der Waals surface area contributed by atoms with Crippen molar-refractivity contribution in [1.82, 2.24) is 0 Å². The summed E-state index contributed by atoms with van der Waals surface area (Å²) in [5, 5.41) is 0. The molecule has 0 saturated heterocycles. The second-order valence-electron chi connectivity index (χ2n) is 9.49. The second kappa shape index (κ2) is 12.0. The van der Waals surface area contributed by atoms with Crippen molar-refractivity contribution in [3.05, 3.63) is 69.3 Å². The highest BCUT2D eigenvalue weighted by Gasteiger charge is 2.52.